The molecule has 0 saturated carbocycles. The number of aromatic nitrogens is 3. The van der Waals surface area contributed by atoms with E-state index in [1.807, 2.05) is 37.3 Å². The number of aromatic hydroxyl groups is 2. The lowest BCUT2D eigenvalue weighted by atomic mass is 9.98. The molecular formula is C26H26BrClN4O3. The van der Waals surface area contributed by atoms with E-state index in [1.54, 1.807) is 15.6 Å². The summed E-state index contributed by atoms with van der Waals surface area (Å²) in [6, 6.07) is 14.0. The molecule has 0 bridgehead atoms. The van der Waals surface area contributed by atoms with Gasteiger partial charge in [0.2, 0.25) is 0 Å². The molecule has 9 heteroatoms. The van der Waals surface area contributed by atoms with Gasteiger partial charge in [-0.15, -0.1) is 0 Å². The molecule has 4 aromatic rings. The van der Waals surface area contributed by atoms with Gasteiger partial charge in [0.1, 0.15) is 17.1 Å². The molecule has 2 N–H and O–H groups in total. The van der Waals surface area contributed by atoms with Gasteiger partial charge in [-0.1, -0.05) is 42.8 Å². The van der Waals surface area contributed by atoms with E-state index in [4.69, 9.17) is 11.6 Å². The molecule has 7 nitrogen and oxygen atoms in total. The van der Waals surface area contributed by atoms with Crippen molar-refractivity contribution in [1.29, 1.82) is 0 Å². The fourth-order valence-electron chi connectivity index (χ4n) is 4.01. The third-order valence-electron chi connectivity index (χ3n) is 6.06. The number of likely N-dealkylation sites (tertiary alicyclic amines) is 1. The summed E-state index contributed by atoms with van der Waals surface area (Å²) >= 11 is 9.65. The summed E-state index contributed by atoms with van der Waals surface area (Å²) in [5.74, 6) is 0.0340. The molecule has 1 fully saturated rings. The third kappa shape index (κ3) is 5.44. The summed E-state index contributed by atoms with van der Waals surface area (Å²) in [4.78, 5) is 18.4. The predicted octanol–water partition coefficient (Wildman–Crippen LogP) is 6.09. The highest BCUT2D eigenvalue weighted by Gasteiger charge is 2.25. The molecule has 0 atom stereocenters. The Labute approximate surface area is 217 Å². The highest BCUT2D eigenvalue weighted by Crippen LogP contribution is 2.30. The number of piperidine rings is 1. The van der Waals surface area contributed by atoms with Crippen LogP contribution in [-0.4, -0.2) is 48.7 Å². The zero-order valence-electron chi connectivity index (χ0n) is 19.4. The number of benzene rings is 2. The largest absolute Gasteiger partial charge is 0.507 e. The van der Waals surface area contributed by atoms with E-state index in [0.29, 0.717) is 24.0 Å². The van der Waals surface area contributed by atoms with Crippen molar-refractivity contribution in [3.05, 3.63) is 75.5 Å². The minimum atomic E-state index is -0.285. The predicted molar refractivity (Wildman–Crippen MR) is 140 cm³/mol. The van der Waals surface area contributed by atoms with E-state index in [9.17, 15) is 15.0 Å². The van der Waals surface area contributed by atoms with Crippen LogP contribution in [0, 0.1) is 12.8 Å². The quantitative estimate of drug-likeness (QED) is 0.311. The first kappa shape index (κ1) is 25.0. The van der Waals surface area contributed by atoms with Crippen molar-refractivity contribution >= 4 is 39.1 Å². The van der Waals surface area contributed by atoms with Crippen LogP contribution in [0.3, 0.4) is 0 Å². The molecule has 1 saturated heterocycles. The monoisotopic (exact) mass is 556 g/mol. The number of carbonyl (C=O) groups is 1. The molecule has 1 aliphatic heterocycles. The molecule has 0 unspecified atom stereocenters. The first-order chi connectivity index (χ1) is 16.8. The van der Waals surface area contributed by atoms with Crippen molar-refractivity contribution in [3.63, 3.8) is 0 Å². The van der Waals surface area contributed by atoms with Crippen molar-refractivity contribution in [2.45, 2.75) is 26.7 Å². The Morgan fingerprint density at radius 1 is 1.09 bits per heavy atom. The molecular weight excluding hydrogens is 532 g/mol. The Bertz CT molecular complexity index is 1350. The van der Waals surface area contributed by atoms with Gasteiger partial charge in [0.25, 0.3) is 5.91 Å². The van der Waals surface area contributed by atoms with Crippen LogP contribution < -0.4 is 0 Å². The van der Waals surface area contributed by atoms with Crippen LogP contribution in [0.4, 0.5) is 0 Å². The Morgan fingerprint density at radius 3 is 2.40 bits per heavy atom. The summed E-state index contributed by atoms with van der Waals surface area (Å²) in [6.07, 6.45) is 3.69. The lowest BCUT2D eigenvalue weighted by molar-refractivity contribution is 0.0691. The number of hydrogen-bond acceptors (Lipinski definition) is 5. The lowest BCUT2D eigenvalue weighted by Gasteiger charge is -2.30. The van der Waals surface area contributed by atoms with Gasteiger partial charge in [-0.05, 0) is 65.9 Å². The van der Waals surface area contributed by atoms with E-state index in [-0.39, 0.29) is 23.0 Å². The molecule has 0 spiro atoms. The first-order valence-electron chi connectivity index (χ1n) is 11.3. The van der Waals surface area contributed by atoms with Crippen molar-refractivity contribution in [1.82, 2.24) is 19.5 Å². The molecule has 2 aromatic heterocycles. The van der Waals surface area contributed by atoms with Gasteiger partial charge in [-0.3, -0.25) is 4.79 Å². The highest BCUT2D eigenvalue weighted by atomic mass is 79.9. The fraction of sp³-hybridized carbons (Fsp3) is 0.269. The standard InChI is InChI=1S/C13H9BrClN3.C13H17NO3/c1-8-6-12(9-4-2-3-5-11(9)15)17-13-10(14)7-16-18(8)13;1-9-5-7-14(8-6-9)13(17)12-10(15)3-2-4-11(12)16/h2-7H,1H3;2-4,9,15-16H,5-8H2,1H3. The second kappa shape index (κ2) is 10.7. The number of nitrogens with zero attached hydrogens (tertiary/aromatic N) is 4. The third-order valence-corrected chi connectivity index (χ3v) is 6.95. The number of carbonyl (C=O) groups excluding carboxylic acids is 1. The van der Waals surface area contributed by atoms with Gasteiger partial charge < -0.3 is 15.1 Å². The average molecular weight is 558 g/mol. The van der Waals surface area contributed by atoms with Gasteiger partial charge in [0.15, 0.2) is 5.65 Å². The molecule has 0 aliphatic carbocycles. The second-order valence-electron chi connectivity index (χ2n) is 8.64. The zero-order chi connectivity index (χ0) is 25.1. The van der Waals surface area contributed by atoms with Crippen molar-refractivity contribution in [2.75, 3.05) is 13.1 Å². The number of halogens is 2. The van der Waals surface area contributed by atoms with Gasteiger partial charge >= 0.3 is 0 Å². The Hall–Kier alpha value is -3.10. The van der Waals surface area contributed by atoms with Crippen LogP contribution >= 0.6 is 27.5 Å². The van der Waals surface area contributed by atoms with E-state index in [2.05, 4.69) is 32.9 Å². The number of amides is 1. The van der Waals surface area contributed by atoms with Gasteiger partial charge in [-0.2, -0.15) is 5.10 Å². The molecule has 3 heterocycles. The maximum atomic E-state index is 12.2. The van der Waals surface area contributed by atoms with E-state index in [0.717, 1.165) is 39.9 Å². The Balaban J connectivity index is 0.000000165. The summed E-state index contributed by atoms with van der Waals surface area (Å²) in [6.45, 7) is 5.54. The van der Waals surface area contributed by atoms with Crippen LogP contribution in [0.2, 0.25) is 5.02 Å². The molecule has 0 radical (unpaired) electrons. The van der Waals surface area contributed by atoms with Crippen LogP contribution in [0.15, 0.2) is 59.2 Å². The zero-order valence-corrected chi connectivity index (χ0v) is 21.8. The van der Waals surface area contributed by atoms with Crippen LogP contribution in [-0.2, 0) is 0 Å². The molecule has 35 heavy (non-hydrogen) atoms. The van der Waals surface area contributed by atoms with Crippen molar-refractivity contribution in [3.8, 4) is 22.8 Å². The van der Waals surface area contributed by atoms with E-state index in [1.165, 1.54) is 18.2 Å². The van der Waals surface area contributed by atoms with Crippen LogP contribution in [0.25, 0.3) is 16.9 Å². The molecule has 1 amide bonds. The number of fused-ring (bicyclic) bond motifs is 1. The molecule has 2 aromatic carbocycles. The smallest absolute Gasteiger partial charge is 0.261 e. The number of aryl methyl sites for hydroxylation is 1. The number of phenols is 2. The molecule has 5 rings (SSSR count). The van der Waals surface area contributed by atoms with Gasteiger partial charge in [0, 0.05) is 29.4 Å². The summed E-state index contributed by atoms with van der Waals surface area (Å²) in [5.41, 5.74) is 3.61. The summed E-state index contributed by atoms with van der Waals surface area (Å²) in [5, 5.41) is 24.2. The van der Waals surface area contributed by atoms with Crippen molar-refractivity contribution in [2.24, 2.45) is 5.92 Å². The highest BCUT2D eigenvalue weighted by molar-refractivity contribution is 9.10. The maximum Gasteiger partial charge on any atom is 0.261 e. The summed E-state index contributed by atoms with van der Waals surface area (Å²) in [7, 11) is 0. The topological polar surface area (TPSA) is 91.0 Å². The molecule has 182 valence electrons. The molecule has 1 aliphatic rings. The average Bonchev–Trinajstić information content (AvgIpc) is 3.21. The van der Waals surface area contributed by atoms with E-state index < -0.39 is 0 Å². The normalized spacial score (nSPS) is 14.0. The van der Waals surface area contributed by atoms with Crippen LogP contribution in [0.1, 0.15) is 35.8 Å². The van der Waals surface area contributed by atoms with Crippen LogP contribution in [0.5, 0.6) is 11.5 Å². The Kier molecular flexibility index (Phi) is 7.62. The summed E-state index contributed by atoms with van der Waals surface area (Å²) < 4.78 is 2.67. The minimum absolute atomic E-state index is 0.0158. The SMILES string of the molecule is CC1CCN(C(=O)c2c(O)cccc2O)CC1.Cc1cc(-c2ccccc2Cl)nc2c(Br)cnn12. The fourth-order valence-corrected chi connectivity index (χ4v) is 4.59. The van der Waals surface area contributed by atoms with Gasteiger partial charge in [-0.25, -0.2) is 9.50 Å². The lowest BCUT2D eigenvalue weighted by Crippen LogP contribution is -2.37. The van der Waals surface area contributed by atoms with Crippen molar-refractivity contribution < 1.29 is 15.0 Å². The maximum absolute atomic E-state index is 12.2. The Morgan fingerprint density at radius 2 is 1.74 bits per heavy atom. The minimum Gasteiger partial charge on any atom is -0.507 e. The number of hydrogen-bond donors (Lipinski definition) is 2. The first-order valence-corrected chi connectivity index (χ1v) is 12.5. The number of rotatable bonds is 2. The second-order valence-corrected chi connectivity index (χ2v) is 9.90. The van der Waals surface area contributed by atoms with Gasteiger partial charge in [0.05, 0.1) is 16.4 Å². The number of phenolic OH excluding ortho intramolecular Hbond substituents is 2. The van der Waals surface area contributed by atoms with E-state index >= 15 is 0 Å².